The Kier molecular flexibility index (Phi) is 6.70. The summed E-state index contributed by atoms with van der Waals surface area (Å²) in [4.78, 5) is 25.3. The van der Waals surface area contributed by atoms with Crippen LogP contribution in [0, 0.1) is 11.3 Å². The fourth-order valence-electron chi connectivity index (χ4n) is 3.75. The number of thiophene rings is 1. The van der Waals surface area contributed by atoms with E-state index < -0.39 is 6.09 Å². The molecule has 9 heteroatoms. The minimum Gasteiger partial charge on any atom is -0.472 e. The van der Waals surface area contributed by atoms with Gasteiger partial charge in [-0.25, -0.2) is 4.79 Å². The van der Waals surface area contributed by atoms with Crippen LogP contribution in [0.2, 0.25) is 0 Å². The highest BCUT2D eigenvalue weighted by Gasteiger charge is 2.28. The van der Waals surface area contributed by atoms with Crippen molar-refractivity contribution in [2.45, 2.75) is 44.3 Å². The lowest BCUT2D eigenvalue weighted by molar-refractivity contribution is -0.111. The summed E-state index contributed by atoms with van der Waals surface area (Å²) in [5.74, 6) is -0.322. The molecule has 0 aromatic carbocycles. The molecule has 3 heterocycles. The van der Waals surface area contributed by atoms with E-state index in [4.69, 9.17) is 13.9 Å². The Labute approximate surface area is 183 Å². The van der Waals surface area contributed by atoms with Crippen LogP contribution in [-0.4, -0.2) is 37.4 Å². The molecule has 2 aliphatic rings. The molecule has 4 rings (SSSR count). The van der Waals surface area contributed by atoms with Crippen LogP contribution in [0.15, 0.2) is 29.1 Å². The highest BCUT2D eigenvalue weighted by atomic mass is 32.1. The molecule has 2 aromatic rings. The third kappa shape index (κ3) is 5.34. The first kappa shape index (κ1) is 21.2. The van der Waals surface area contributed by atoms with Gasteiger partial charge in [0.2, 0.25) is 5.91 Å². The molecule has 0 spiro atoms. The predicted molar refractivity (Wildman–Crippen MR) is 115 cm³/mol. The Bertz CT molecular complexity index is 999. The summed E-state index contributed by atoms with van der Waals surface area (Å²) >= 11 is 1.36. The summed E-state index contributed by atoms with van der Waals surface area (Å²) in [6, 6.07) is 3.95. The Hall–Kier alpha value is -3.09. The van der Waals surface area contributed by atoms with Crippen molar-refractivity contribution in [2.75, 3.05) is 18.5 Å². The Morgan fingerprint density at radius 2 is 2.29 bits per heavy atom. The quantitative estimate of drug-likeness (QED) is 0.662. The molecule has 0 radical (unpaired) electrons. The normalized spacial score (nSPS) is 20.2. The fraction of sp³-hybridized carbons (Fsp3) is 0.409. The number of hydrogen-bond donors (Lipinski definition) is 2. The number of furan rings is 1. The van der Waals surface area contributed by atoms with Gasteiger partial charge in [-0.05, 0) is 43.4 Å². The average molecular weight is 442 g/mol. The summed E-state index contributed by atoms with van der Waals surface area (Å²) in [5, 5.41) is 15.7. The standard InChI is InChI=1S/C22H23N3O5S/c23-11-18-17-5-4-15(30-22(27)24-12-16-2-1-8-29-16)10-19(17)31-21(18)25-20(26)6-3-14-7-9-28-13-14/h3,6-7,9,13,15-16H,1-2,4-5,8,10,12H2,(H,24,27)(H,25,26)/b6-3+. The van der Waals surface area contributed by atoms with Crippen molar-refractivity contribution in [2.24, 2.45) is 0 Å². The van der Waals surface area contributed by atoms with E-state index >= 15 is 0 Å². The van der Waals surface area contributed by atoms with Gasteiger partial charge in [-0.15, -0.1) is 11.3 Å². The number of nitrogens with one attached hydrogen (secondary N) is 2. The van der Waals surface area contributed by atoms with Gasteiger partial charge in [-0.2, -0.15) is 5.26 Å². The van der Waals surface area contributed by atoms with Gasteiger partial charge in [0.1, 0.15) is 17.2 Å². The Balaban J connectivity index is 1.34. The second-order valence-electron chi connectivity index (χ2n) is 7.49. The number of rotatable bonds is 6. The first-order valence-electron chi connectivity index (χ1n) is 10.2. The van der Waals surface area contributed by atoms with Crippen LogP contribution in [0.4, 0.5) is 9.80 Å². The van der Waals surface area contributed by atoms with Gasteiger partial charge in [-0.1, -0.05) is 0 Å². The number of anilines is 1. The third-order valence-corrected chi connectivity index (χ3v) is 6.48. The molecule has 8 nitrogen and oxygen atoms in total. The lowest BCUT2D eigenvalue weighted by Gasteiger charge is -2.23. The molecule has 2 N–H and O–H groups in total. The molecule has 31 heavy (non-hydrogen) atoms. The molecule has 2 unspecified atom stereocenters. The number of nitriles is 1. The van der Waals surface area contributed by atoms with E-state index in [0.29, 0.717) is 36.4 Å². The van der Waals surface area contributed by atoms with Gasteiger partial charge in [-0.3, -0.25) is 4.79 Å². The number of hydrogen-bond acceptors (Lipinski definition) is 7. The fourth-order valence-corrected chi connectivity index (χ4v) is 5.02. The van der Waals surface area contributed by atoms with Gasteiger partial charge in [0.25, 0.3) is 0 Å². The molecule has 1 aliphatic heterocycles. The van der Waals surface area contributed by atoms with Crippen LogP contribution >= 0.6 is 11.3 Å². The Morgan fingerprint density at radius 1 is 1.39 bits per heavy atom. The number of ether oxygens (including phenoxy) is 2. The second kappa shape index (κ2) is 9.81. The number of alkyl carbamates (subject to hydrolysis) is 1. The van der Waals surface area contributed by atoms with Gasteiger partial charge in [0.05, 0.1) is 24.2 Å². The van der Waals surface area contributed by atoms with E-state index in [9.17, 15) is 14.9 Å². The maximum absolute atomic E-state index is 12.3. The summed E-state index contributed by atoms with van der Waals surface area (Å²) in [6.07, 6.45) is 9.22. The smallest absolute Gasteiger partial charge is 0.407 e. The Morgan fingerprint density at radius 3 is 3.03 bits per heavy atom. The van der Waals surface area contributed by atoms with Gasteiger partial charge < -0.3 is 24.5 Å². The lowest BCUT2D eigenvalue weighted by atomic mass is 9.94. The van der Waals surface area contributed by atoms with Crippen molar-refractivity contribution in [1.82, 2.24) is 5.32 Å². The van der Waals surface area contributed by atoms with Gasteiger partial charge in [0, 0.05) is 36.1 Å². The van der Waals surface area contributed by atoms with Crippen LogP contribution in [0.25, 0.3) is 6.08 Å². The van der Waals surface area contributed by atoms with E-state index in [1.807, 2.05) is 0 Å². The molecule has 2 amide bonds. The molecular weight excluding hydrogens is 418 g/mol. The van der Waals surface area contributed by atoms with Crippen molar-refractivity contribution in [3.05, 3.63) is 46.2 Å². The van der Waals surface area contributed by atoms with Crippen LogP contribution in [0.5, 0.6) is 0 Å². The number of carbonyl (C=O) groups excluding carboxylic acids is 2. The SMILES string of the molecule is N#Cc1c(NC(=O)/C=C/c2ccoc2)sc2c1CCC(OC(=O)NCC1CCCO1)C2. The first-order chi connectivity index (χ1) is 15.1. The predicted octanol–water partition coefficient (Wildman–Crippen LogP) is 3.63. The molecule has 1 fully saturated rings. The van der Waals surface area contributed by atoms with E-state index in [0.717, 1.165) is 35.5 Å². The number of carbonyl (C=O) groups is 2. The van der Waals surface area contributed by atoms with Crippen LogP contribution in [0.3, 0.4) is 0 Å². The highest BCUT2D eigenvalue weighted by Crippen LogP contribution is 2.38. The topological polar surface area (TPSA) is 114 Å². The molecule has 1 aliphatic carbocycles. The molecule has 1 saturated heterocycles. The van der Waals surface area contributed by atoms with E-state index in [1.165, 1.54) is 29.9 Å². The van der Waals surface area contributed by atoms with Gasteiger partial charge in [0.15, 0.2) is 0 Å². The number of fused-ring (bicyclic) bond motifs is 1. The highest BCUT2D eigenvalue weighted by molar-refractivity contribution is 7.16. The number of amides is 2. The van der Waals surface area contributed by atoms with Crippen molar-refractivity contribution < 1.29 is 23.5 Å². The van der Waals surface area contributed by atoms with Crippen LogP contribution < -0.4 is 10.6 Å². The summed E-state index contributed by atoms with van der Waals surface area (Å²) in [5.41, 5.74) is 2.20. The monoisotopic (exact) mass is 441 g/mol. The van der Waals surface area contributed by atoms with Crippen molar-refractivity contribution >= 4 is 34.4 Å². The van der Waals surface area contributed by atoms with E-state index in [2.05, 4.69) is 16.7 Å². The van der Waals surface area contributed by atoms with Crippen LogP contribution in [-0.2, 0) is 27.1 Å². The largest absolute Gasteiger partial charge is 0.472 e. The van der Waals surface area contributed by atoms with Crippen molar-refractivity contribution in [3.8, 4) is 6.07 Å². The zero-order valence-electron chi connectivity index (χ0n) is 16.9. The number of nitrogens with zero attached hydrogens (tertiary/aromatic N) is 1. The molecule has 162 valence electrons. The van der Waals surface area contributed by atoms with E-state index in [-0.39, 0.29) is 18.1 Å². The second-order valence-corrected chi connectivity index (χ2v) is 8.59. The zero-order chi connectivity index (χ0) is 21.6. The zero-order valence-corrected chi connectivity index (χ0v) is 17.7. The van der Waals surface area contributed by atoms with Gasteiger partial charge >= 0.3 is 6.09 Å². The van der Waals surface area contributed by atoms with Crippen LogP contribution in [0.1, 0.15) is 40.8 Å². The molecule has 0 bridgehead atoms. The van der Waals surface area contributed by atoms with E-state index in [1.54, 1.807) is 12.1 Å². The lowest BCUT2D eigenvalue weighted by Crippen LogP contribution is -2.36. The van der Waals surface area contributed by atoms with Crippen molar-refractivity contribution in [1.29, 1.82) is 5.26 Å². The molecule has 2 atom stereocenters. The maximum atomic E-state index is 12.3. The minimum atomic E-state index is -0.445. The molecule has 2 aromatic heterocycles. The summed E-state index contributed by atoms with van der Waals surface area (Å²) in [7, 11) is 0. The third-order valence-electron chi connectivity index (χ3n) is 5.31. The average Bonchev–Trinajstić information content (AvgIpc) is 3.51. The summed E-state index contributed by atoms with van der Waals surface area (Å²) < 4.78 is 16.0. The van der Waals surface area contributed by atoms with Crippen molar-refractivity contribution in [3.63, 3.8) is 0 Å². The summed E-state index contributed by atoms with van der Waals surface area (Å²) in [6.45, 7) is 1.20. The molecular formula is C22H23N3O5S. The minimum absolute atomic E-state index is 0.0646. The molecule has 0 saturated carbocycles. The first-order valence-corrected chi connectivity index (χ1v) is 11.1. The maximum Gasteiger partial charge on any atom is 0.407 e.